The topological polar surface area (TPSA) is 62.6 Å². The van der Waals surface area contributed by atoms with Crippen LogP contribution < -0.4 is 5.32 Å². The summed E-state index contributed by atoms with van der Waals surface area (Å²) < 4.78 is 5.83. The Morgan fingerprint density at radius 1 is 1.27 bits per heavy atom. The first-order valence-electron chi connectivity index (χ1n) is 8.77. The molecule has 0 radical (unpaired) electrons. The van der Waals surface area contributed by atoms with E-state index < -0.39 is 6.04 Å². The second-order valence-corrected chi connectivity index (χ2v) is 7.50. The highest BCUT2D eigenvalue weighted by Gasteiger charge is 2.35. The van der Waals surface area contributed by atoms with Crippen LogP contribution in [0, 0.1) is 0 Å². The van der Waals surface area contributed by atoms with E-state index in [2.05, 4.69) is 5.32 Å². The van der Waals surface area contributed by atoms with Crippen molar-refractivity contribution in [1.29, 1.82) is 0 Å². The first kappa shape index (κ1) is 16.8. The van der Waals surface area contributed by atoms with Crippen LogP contribution in [0.4, 0.5) is 0 Å². The average molecular weight is 368 g/mol. The summed E-state index contributed by atoms with van der Waals surface area (Å²) in [5.74, 6) is 0.531. The number of nitrogens with zero attached hydrogens (tertiary/aromatic N) is 1. The van der Waals surface area contributed by atoms with Crippen molar-refractivity contribution in [3.63, 3.8) is 0 Å². The molecular formula is C20H20N2O3S. The molecule has 1 saturated heterocycles. The fraction of sp³-hybridized carbons (Fsp3) is 0.300. The lowest BCUT2D eigenvalue weighted by Crippen LogP contribution is -2.46. The molecule has 1 aliphatic rings. The first-order valence-corrected chi connectivity index (χ1v) is 9.65. The number of carbonyl (C=O) groups excluding carboxylic acids is 2. The third-order valence-electron chi connectivity index (χ3n) is 4.78. The Morgan fingerprint density at radius 2 is 2.12 bits per heavy atom. The number of benzene rings is 1. The van der Waals surface area contributed by atoms with Crippen LogP contribution in [-0.4, -0.2) is 29.3 Å². The Labute approximate surface area is 155 Å². The molecule has 1 aliphatic heterocycles. The van der Waals surface area contributed by atoms with Crippen LogP contribution in [0.1, 0.15) is 41.2 Å². The van der Waals surface area contributed by atoms with Gasteiger partial charge in [0.25, 0.3) is 5.91 Å². The number of carbonyl (C=O) groups is 2. The molecule has 2 amide bonds. The molecule has 1 aromatic carbocycles. The quantitative estimate of drug-likeness (QED) is 0.758. The van der Waals surface area contributed by atoms with Crippen molar-refractivity contribution in [2.24, 2.45) is 0 Å². The number of hydrogen-bond acceptors (Lipinski definition) is 4. The van der Waals surface area contributed by atoms with E-state index in [-0.39, 0.29) is 17.9 Å². The number of likely N-dealkylation sites (tertiary alicyclic amines) is 1. The van der Waals surface area contributed by atoms with Crippen molar-refractivity contribution >= 4 is 34.1 Å². The monoisotopic (exact) mass is 368 g/mol. The van der Waals surface area contributed by atoms with Crippen molar-refractivity contribution in [2.75, 3.05) is 6.54 Å². The zero-order valence-corrected chi connectivity index (χ0v) is 15.3. The molecule has 0 spiro atoms. The van der Waals surface area contributed by atoms with Gasteiger partial charge in [-0.25, -0.2) is 0 Å². The molecule has 3 heterocycles. The van der Waals surface area contributed by atoms with Gasteiger partial charge in [0, 0.05) is 11.9 Å². The first-order chi connectivity index (χ1) is 12.6. The highest BCUT2D eigenvalue weighted by Crippen LogP contribution is 2.26. The molecule has 6 heteroatoms. The van der Waals surface area contributed by atoms with Gasteiger partial charge in [0.15, 0.2) is 0 Å². The fourth-order valence-corrected chi connectivity index (χ4v) is 4.10. The van der Waals surface area contributed by atoms with Crippen LogP contribution in [0.5, 0.6) is 0 Å². The zero-order valence-electron chi connectivity index (χ0n) is 14.5. The number of furan rings is 1. The van der Waals surface area contributed by atoms with E-state index >= 15 is 0 Å². The number of nitrogens with one attached hydrogen (secondary N) is 1. The van der Waals surface area contributed by atoms with Gasteiger partial charge in [-0.3, -0.25) is 9.59 Å². The second kappa shape index (κ2) is 6.96. The lowest BCUT2D eigenvalue weighted by atomic mass is 10.1. The van der Waals surface area contributed by atoms with E-state index in [1.807, 2.05) is 48.7 Å². The Hall–Kier alpha value is -2.60. The Kier molecular flexibility index (Phi) is 4.51. The standard InChI is InChI=1S/C20H20N2O3S/c1-13(17-12-14-6-2-3-8-16(14)25-17)21-19(23)15-7-4-10-22(15)20(24)18-9-5-11-26-18/h2-3,5-6,8-9,11-13,15H,4,7,10H2,1H3,(H,21,23). The summed E-state index contributed by atoms with van der Waals surface area (Å²) in [6, 6.07) is 12.7. The van der Waals surface area contributed by atoms with Crippen molar-refractivity contribution in [1.82, 2.24) is 10.2 Å². The van der Waals surface area contributed by atoms with Gasteiger partial charge in [-0.05, 0) is 43.3 Å². The number of amides is 2. The minimum atomic E-state index is -0.420. The summed E-state index contributed by atoms with van der Waals surface area (Å²) in [6.45, 7) is 2.52. The van der Waals surface area contributed by atoms with E-state index in [9.17, 15) is 9.59 Å². The van der Waals surface area contributed by atoms with Crippen LogP contribution in [0.3, 0.4) is 0 Å². The second-order valence-electron chi connectivity index (χ2n) is 6.55. The van der Waals surface area contributed by atoms with E-state index in [0.717, 1.165) is 17.4 Å². The van der Waals surface area contributed by atoms with Gasteiger partial charge in [0.1, 0.15) is 17.4 Å². The minimum Gasteiger partial charge on any atom is -0.459 e. The predicted octanol–water partition coefficient (Wildman–Crippen LogP) is 3.98. The third kappa shape index (κ3) is 3.12. The van der Waals surface area contributed by atoms with E-state index in [1.165, 1.54) is 11.3 Å². The van der Waals surface area contributed by atoms with Crippen LogP contribution in [-0.2, 0) is 4.79 Å². The van der Waals surface area contributed by atoms with Gasteiger partial charge in [-0.2, -0.15) is 0 Å². The van der Waals surface area contributed by atoms with Crippen molar-refractivity contribution in [3.8, 4) is 0 Å². The predicted molar refractivity (Wildman–Crippen MR) is 101 cm³/mol. The zero-order chi connectivity index (χ0) is 18.1. The average Bonchev–Trinajstić information content (AvgIpc) is 3.40. The molecule has 5 nitrogen and oxygen atoms in total. The van der Waals surface area contributed by atoms with E-state index in [1.54, 1.807) is 11.0 Å². The third-order valence-corrected chi connectivity index (χ3v) is 5.64. The van der Waals surface area contributed by atoms with Crippen molar-refractivity contribution in [3.05, 3.63) is 58.5 Å². The Morgan fingerprint density at radius 3 is 2.88 bits per heavy atom. The van der Waals surface area contributed by atoms with Crippen LogP contribution in [0.2, 0.25) is 0 Å². The van der Waals surface area contributed by atoms with Crippen LogP contribution in [0.25, 0.3) is 11.0 Å². The molecule has 0 aliphatic carbocycles. The highest BCUT2D eigenvalue weighted by molar-refractivity contribution is 7.12. The van der Waals surface area contributed by atoms with Crippen LogP contribution in [0.15, 0.2) is 52.3 Å². The van der Waals surface area contributed by atoms with Gasteiger partial charge in [-0.1, -0.05) is 24.3 Å². The molecule has 1 fully saturated rings. The summed E-state index contributed by atoms with van der Waals surface area (Å²) in [5.41, 5.74) is 0.805. The summed E-state index contributed by atoms with van der Waals surface area (Å²) in [4.78, 5) is 27.8. The molecule has 26 heavy (non-hydrogen) atoms. The Bertz CT molecular complexity index is 899. The van der Waals surface area contributed by atoms with E-state index in [0.29, 0.717) is 23.6 Å². The van der Waals surface area contributed by atoms with Gasteiger partial charge in [0.05, 0.1) is 10.9 Å². The molecule has 3 aromatic rings. The maximum absolute atomic E-state index is 12.8. The fourth-order valence-electron chi connectivity index (χ4n) is 3.42. The van der Waals surface area contributed by atoms with Crippen molar-refractivity contribution in [2.45, 2.75) is 31.8 Å². The molecule has 134 valence electrons. The van der Waals surface area contributed by atoms with Gasteiger partial charge in [0.2, 0.25) is 5.91 Å². The molecule has 2 atom stereocenters. The number of thiophene rings is 1. The number of hydrogen-bond donors (Lipinski definition) is 1. The largest absolute Gasteiger partial charge is 0.459 e. The summed E-state index contributed by atoms with van der Waals surface area (Å²) in [6.07, 6.45) is 1.53. The SMILES string of the molecule is CC(NC(=O)C1CCCN1C(=O)c1cccs1)c1cc2ccccc2o1. The van der Waals surface area contributed by atoms with Gasteiger partial charge in [-0.15, -0.1) is 11.3 Å². The molecule has 2 unspecified atom stereocenters. The summed E-state index contributed by atoms with van der Waals surface area (Å²) >= 11 is 1.41. The van der Waals surface area contributed by atoms with E-state index in [4.69, 9.17) is 4.42 Å². The van der Waals surface area contributed by atoms with Crippen molar-refractivity contribution < 1.29 is 14.0 Å². The number of para-hydroxylation sites is 1. The molecular weight excluding hydrogens is 348 g/mol. The molecule has 1 N–H and O–H groups in total. The van der Waals surface area contributed by atoms with Gasteiger partial charge < -0.3 is 14.6 Å². The highest BCUT2D eigenvalue weighted by atomic mass is 32.1. The molecule has 4 rings (SSSR count). The summed E-state index contributed by atoms with van der Waals surface area (Å²) in [5, 5.41) is 5.90. The molecule has 0 bridgehead atoms. The number of fused-ring (bicyclic) bond motifs is 1. The molecule has 2 aromatic heterocycles. The number of rotatable bonds is 4. The minimum absolute atomic E-state index is 0.0611. The maximum atomic E-state index is 12.8. The smallest absolute Gasteiger partial charge is 0.264 e. The Balaban J connectivity index is 1.47. The van der Waals surface area contributed by atoms with Gasteiger partial charge >= 0.3 is 0 Å². The van der Waals surface area contributed by atoms with Crippen LogP contribution >= 0.6 is 11.3 Å². The maximum Gasteiger partial charge on any atom is 0.264 e. The normalized spacial score (nSPS) is 18.2. The summed E-state index contributed by atoms with van der Waals surface area (Å²) in [7, 11) is 0. The lowest BCUT2D eigenvalue weighted by molar-refractivity contribution is -0.125. The molecule has 0 saturated carbocycles. The lowest BCUT2D eigenvalue weighted by Gasteiger charge is -2.24.